The predicted octanol–water partition coefficient (Wildman–Crippen LogP) is 2.54. The highest BCUT2D eigenvalue weighted by Crippen LogP contribution is 2.31. The lowest BCUT2D eigenvalue weighted by atomic mass is 9.80. The largest absolute Gasteiger partial charge is 0.351 e. The Balaban J connectivity index is 1.46. The number of pyridine rings is 1. The molecular formula is C22H28N6O2. The van der Waals surface area contributed by atoms with Crippen LogP contribution in [0.5, 0.6) is 0 Å². The molecule has 1 aliphatic rings. The van der Waals surface area contributed by atoms with E-state index in [4.69, 9.17) is 0 Å². The zero-order chi connectivity index (χ0) is 21.5. The smallest absolute Gasteiger partial charge is 0.274 e. The first-order valence-corrected chi connectivity index (χ1v) is 10.3. The maximum Gasteiger partial charge on any atom is 0.274 e. The fourth-order valence-corrected chi connectivity index (χ4v) is 4.18. The molecule has 3 aromatic heterocycles. The first-order chi connectivity index (χ1) is 14.3. The van der Waals surface area contributed by atoms with E-state index in [1.807, 2.05) is 50.4 Å². The Hall–Kier alpha value is -3.16. The number of hydrogen-bond acceptors (Lipinski definition) is 4. The third-order valence-corrected chi connectivity index (χ3v) is 6.06. The van der Waals surface area contributed by atoms with Crippen LogP contribution >= 0.6 is 0 Å². The van der Waals surface area contributed by atoms with Crippen molar-refractivity contribution in [3.8, 4) is 0 Å². The molecule has 158 valence electrons. The fourth-order valence-electron chi connectivity index (χ4n) is 4.18. The van der Waals surface area contributed by atoms with Crippen LogP contribution in [0.1, 0.15) is 52.8 Å². The van der Waals surface area contributed by atoms with Gasteiger partial charge in [-0.15, -0.1) is 0 Å². The van der Waals surface area contributed by atoms with Crippen molar-refractivity contribution < 1.29 is 9.59 Å². The molecule has 1 aliphatic heterocycles. The molecule has 4 heterocycles. The summed E-state index contributed by atoms with van der Waals surface area (Å²) in [6.45, 7) is 9.25. The summed E-state index contributed by atoms with van der Waals surface area (Å²) >= 11 is 0. The summed E-state index contributed by atoms with van der Waals surface area (Å²) in [5, 5.41) is 10.2. The van der Waals surface area contributed by atoms with Gasteiger partial charge in [-0.25, -0.2) is 4.98 Å². The van der Waals surface area contributed by atoms with E-state index >= 15 is 0 Å². The van der Waals surface area contributed by atoms with Crippen LogP contribution in [0, 0.1) is 26.2 Å². The van der Waals surface area contributed by atoms with Crippen LogP contribution in [0.15, 0.2) is 24.5 Å². The monoisotopic (exact) mass is 408 g/mol. The van der Waals surface area contributed by atoms with Gasteiger partial charge in [0.25, 0.3) is 5.91 Å². The average Bonchev–Trinajstić information content (AvgIpc) is 3.28. The zero-order valence-electron chi connectivity index (χ0n) is 18.0. The third kappa shape index (κ3) is 3.69. The Morgan fingerprint density at radius 1 is 1.23 bits per heavy atom. The Morgan fingerprint density at radius 2 is 2.03 bits per heavy atom. The molecule has 1 fully saturated rings. The van der Waals surface area contributed by atoms with Gasteiger partial charge in [0.05, 0.1) is 11.1 Å². The molecule has 0 saturated carbocycles. The van der Waals surface area contributed by atoms with Crippen LogP contribution < -0.4 is 5.32 Å². The molecule has 0 radical (unpaired) electrons. The van der Waals surface area contributed by atoms with Crippen LogP contribution in [-0.2, 0) is 11.3 Å². The number of aryl methyl sites for hydroxylation is 3. The number of carbonyl (C=O) groups excluding carboxylic acids is 2. The number of carbonyl (C=O) groups is 2. The van der Waals surface area contributed by atoms with E-state index in [1.165, 1.54) is 0 Å². The topological polar surface area (TPSA) is 95.4 Å². The SMILES string of the molecule is Cc1ccc2nc(C(=O)N3CCC[C@@](C)(C(=O)NCc4c(C)n[nH]c4C)C3)cn2c1. The molecule has 30 heavy (non-hydrogen) atoms. The Morgan fingerprint density at radius 3 is 2.77 bits per heavy atom. The highest BCUT2D eigenvalue weighted by Gasteiger charge is 2.39. The highest BCUT2D eigenvalue weighted by molar-refractivity contribution is 5.94. The lowest BCUT2D eigenvalue weighted by molar-refractivity contribution is -0.132. The van der Waals surface area contributed by atoms with Gasteiger partial charge in [-0.1, -0.05) is 6.07 Å². The number of rotatable bonds is 4. The van der Waals surface area contributed by atoms with Crippen LogP contribution in [-0.4, -0.2) is 49.4 Å². The Bertz CT molecular complexity index is 1090. The van der Waals surface area contributed by atoms with E-state index in [-0.39, 0.29) is 11.8 Å². The summed E-state index contributed by atoms with van der Waals surface area (Å²) in [4.78, 5) is 32.4. The van der Waals surface area contributed by atoms with Gasteiger partial charge in [-0.2, -0.15) is 5.10 Å². The number of hydrogen-bond donors (Lipinski definition) is 2. The summed E-state index contributed by atoms with van der Waals surface area (Å²) in [7, 11) is 0. The summed E-state index contributed by atoms with van der Waals surface area (Å²) in [5.74, 6) is -0.165. The lowest BCUT2D eigenvalue weighted by Crippen LogP contribution is -2.51. The van der Waals surface area contributed by atoms with Crippen molar-refractivity contribution in [2.24, 2.45) is 5.41 Å². The van der Waals surface area contributed by atoms with Crippen molar-refractivity contribution in [1.82, 2.24) is 29.8 Å². The summed E-state index contributed by atoms with van der Waals surface area (Å²) in [5.41, 5.74) is 4.48. The molecule has 0 unspecified atom stereocenters. The summed E-state index contributed by atoms with van der Waals surface area (Å²) in [6, 6.07) is 3.88. The second-order valence-electron chi connectivity index (χ2n) is 8.58. The maximum atomic E-state index is 13.1. The van der Waals surface area contributed by atoms with Crippen LogP contribution in [0.25, 0.3) is 5.65 Å². The normalized spacial score (nSPS) is 19.3. The molecule has 0 aliphatic carbocycles. The van der Waals surface area contributed by atoms with E-state index < -0.39 is 5.41 Å². The molecule has 0 spiro atoms. The number of imidazole rings is 1. The molecule has 1 atom stereocenters. The van der Waals surface area contributed by atoms with Gasteiger partial charge < -0.3 is 14.6 Å². The molecule has 8 nitrogen and oxygen atoms in total. The third-order valence-electron chi connectivity index (χ3n) is 6.06. The van der Waals surface area contributed by atoms with Crippen LogP contribution in [0.3, 0.4) is 0 Å². The van der Waals surface area contributed by atoms with Crippen molar-refractivity contribution in [3.63, 3.8) is 0 Å². The van der Waals surface area contributed by atoms with Crippen molar-refractivity contribution in [1.29, 1.82) is 0 Å². The molecule has 2 amide bonds. The minimum absolute atomic E-state index is 0.0365. The number of piperidine rings is 1. The van der Waals surface area contributed by atoms with Crippen LogP contribution in [0.4, 0.5) is 0 Å². The first-order valence-electron chi connectivity index (χ1n) is 10.3. The van der Waals surface area contributed by atoms with Gasteiger partial charge in [-0.3, -0.25) is 14.7 Å². The number of likely N-dealkylation sites (tertiary alicyclic amines) is 1. The summed E-state index contributed by atoms with van der Waals surface area (Å²) in [6.07, 6.45) is 5.25. The van der Waals surface area contributed by atoms with Crippen molar-refractivity contribution in [2.75, 3.05) is 13.1 Å². The van der Waals surface area contributed by atoms with Gasteiger partial charge in [0.15, 0.2) is 0 Å². The van der Waals surface area contributed by atoms with Gasteiger partial charge >= 0.3 is 0 Å². The number of nitrogens with one attached hydrogen (secondary N) is 2. The fraction of sp³-hybridized carbons (Fsp3) is 0.455. The number of H-pyrrole nitrogens is 1. The van der Waals surface area contributed by atoms with Crippen molar-refractivity contribution in [3.05, 3.63) is 52.7 Å². The van der Waals surface area contributed by atoms with E-state index in [1.54, 1.807) is 11.1 Å². The molecule has 8 heteroatoms. The van der Waals surface area contributed by atoms with E-state index in [2.05, 4.69) is 20.5 Å². The van der Waals surface area contributed by atoms with Crippen molar-refractivity contribution >= 4 is 17.5 Å². The minimum Gasteiger partial charge on any atom is -0.351 e. The van der Waals surface area contributed by atoms with E-state index in [0.29, 0.717) is 25.3 Å². The molecule has 2 N–H and O–H groups in total. The van der Waals surface area contributed by atoms with E-state index in [9.17, 15) is 9.59 Å². The predicted molar refractivity (Wildman–Crippen MR) is 113 cm³/mol. The highest BCUT2D eigenvalue weighted by atomic mass is 16.2. The molecule has 0 bridgehead atoms. The average molecular weight is 409 g/mol. The van der Waals surface area contributed by atoms with Gasteiger partial charge in [0.1, 0.15) is 11.3 Å². The number of fused-ring (bicyclic) bond motifs is 1. The van der Waals surface area contributed by atoms with Gasteiger partial charge in [0, 0.05) is 43.3 Å². The summed E-state index contributed by atoms with van der Waals surface area (Å²) < 4.78 is 1.87. The maximum absolute atomic E-state index is 13.1. The second-order valence-corrected chi connectivity index (χ2v) is 8.58. The molecule has 3 aromatic rings. The molecule has 4 rings (SSSR count). The van der Waals surface area contributed by atoms with Crippen molar-refractivity contribution in [2.45, 2.75) is 47.1 Å². The van der Waals surface area contributed by atoms with Gasteiger partial charge in [-0.05, 0) is 52.2 Å². The Kier molecular flexibility index (Phi) is 5.09. The first kappa shape index (κ1) is 20.1. The molecule has 1 saturated heterocycles. The van der Waals surface area contributed by atoms with Gasteiger partial charge in [0.2, 0.25) is 5.91 Å². The number of nitrogens with zero attached hydrogens (tertiary/aromatic N) is 4. The number of aromatic amines is 1. The Labute approximate surface area is 175 Å². The number of aromatic nitrogens is 4. The zero-order valence-corrected chi connectivity index (χ0v) is 18.0. The molecule has 0 aromatic carbocycles. The standard InChI is InChI=1S/C22H28N6O2/c1-14-6-7-19-24-18(12-28(19)11-14)20(29)27-9-5-8-22(4,13-27)21(30)23-10-17-15(2)25-26-16(17)3/h6-7,11-12H,5,8-10,13H2,1-4H3,(H,23,30)(H,25,26)/t22-/m1/s1. The van der Waals surface area contributed by atoms with E-state index in [0.717, 1.165) is 41.0 Å². The van der Waals surface area contributed by atoms with Crippen LogP contribution in [0.2, 0.25) is 0 Å². The number of amides is 2. The minimum atomic E-state index is -0.630. The lowest BCUT2D eigenvalue weighted by Gasteiger charge is -2.39. The molecular weight excluding hydrogens is 380 g/mol. The quantitative estimate of drug-likeness (QED) is 0.693. The second kappa shape index (κ2) is 7.59.